The number of hydrogen-bond donors (Lipinski definition) is 2. The molecular weight excluding hydrogens is 296 g/mol. The van der Waals surface area contributed by atoms with E-state index in [2.05, 4.69) is 0 Å². The Balaban J connectivity index is 1.63. The highest BCUT2D eigenvalue weighted by molar-refractivity contribution is 5.77. The van der Waals surface area contributed by atoms with E-state index >= 15 is 0 Å². The van der Waals surface area contributed by atoms with Crippen molar-refractivity contribution in [1.29, 1.82) is 0 Å². The molecule has 6 nitrogen and oxygen atoms in total. The summed E-state index contributed by atoms with van der Waals surface area (Å²) in [4.78, 5) is 10.7. The Morgan fingerprint density at radius 2 is 1.48 bits per heavy atom. The van der Waals surface area contributed by atoms with Gasteiger partial charge in [0.2, 0.25) is 0 Å². The third-order valence-electron chi connectivity index (χ3n) is 3.06. The smallest absolute Gasteiger partial charge is 0.150 e. The lowest BCUT2D eigenvalue weighted by molar-refractivity contribution is 0.0767. The van der Waals surface area contributed by atoms with Crippen LogP contribution in [0.5, 0.6) is 11.5 Å². The Labute approximate surface area is 134 Å². The van der Waals surface area contributed by atoms with Gasteiger partial charge >= 0.3 is 0 Å². The van der Waals surface area contributed by atoms with Gasteiger partial charge in [-0.15, -0.1) is 0 Å². The highest BCUT2D eigenvalue weighted by Gasteiger charge is 2.02. The predicted octanol–water partition coefficient (Wildman–Crippen LogP) is 2.14. The number of aldehydes is 1. The molecule has 0 aliphatic heterocycles. The zero-order valence-corrected chi connectivity index (χ0v) is 12.7. The molecule has 0 bridgehead atoms. The van der Waals surface area contributed by atoms with Crippen molar-refractivity contribution in [2.75, 3.05) is 37.9 Å². The number of anilines is 2. The van der Waals surface area contributed by atoms with Crippen LogP contribution in [0.3, 0.4) is 0 Å². The van der Waals surface area contributed by atoms with Gasteiger partial charge in [0, 0.05) is 5.56 Å². The van der Waals surface area contributed by atoms with Gasteiger partial charge in [0.15, 0.2) is 0 Å². The predicted molar refractivity (Wildman–Crippen MR) is 88.9 cm³/mol. The lowest BCUT2D eigenvalue weighted by atomic mass is 10.2. The maximum absolute atomic E-state index is 10.7. The first kappa shape index (κ1) is 16.6. The Morgan fingerprint density at radius 3 is 2.17 bits per heavy atom. The first-order valence-corrected chi connectivity index (χ1v) is 7.23. The molecule has 2 aromatic rings. The summed E-state index contributed by atoms with van der Waals surface area (Å²) in [6.07, 6.45) is 0.745. The van der Waals surface area contributed by atoms with Crippen LogP contribution in [0.4, 0.5) is 11.4 Å². The van der Waals surface area contributed by atoms with Crippen LogP contribution in [0.25, 0.3) is 0 Å². The van der Waals surface area contributed by atoms with Gasteiger partial charge < -0.3 is 25.7 Å². The number of carbonyl (C=O) groups is 1. The molecule has 2 aromatic carbocycles. The third kappa shape index (κ3) is 5.19. The van der Waals surface area contributed by atoms with E-state index in [1.165, 1.54) is 0 Å². The normalized spacial score (nSPS) is 10.3. The van der Waals surface area contributed by atoms with E-state index in [1.54, 1.807) is 30.3 Å². The number of carbonyl (C=O) groups excluding carboxylic acids is 1. The maximum Gasteiger partial charge on any atom is 0.150 e. The molecule has 0 radical (unpaired) electrons. The van der Waals surface area contributed by atoms with Crippen molar-refractivity contribution in [2.45, 2.75) is 0 Å². The molecule has 0 aliphatic carbocycles. The Morgan fingerprint density at radius 1 is 0.826 bits per heavy atom. The average Bonchev–Trinajstić information content (AvgIpc) is 2.57. The third-order valence-corrected chi connectivity index (χ3v) is 3.06. The maximum atomic E-state index is 10.7. The lowest BCUT2D eigenvalue weighted by Crippen LogP contribution is -2.13. The average molecular weight is 316 g/mol. The Kier molecular flexibility index (Phi) is 6.26. The largest absolute Gasteiger partial charge is 0.489 e. The molecule has 0 saturated heterocycles. The van der Waals surface area contributed by atoms with E-state index in [0.29, 0.717) is 54.9 Å². The standard InChI is InChI=1S/C17H20N2O4/c18-14-3-1-2-4-16(14)22-9-7-21-8-10-23-17-11-13(12-20)5-6-15(17)19/h1-6,11-12H,7-10,18-19H2. The number of hydrogen-bond acceptors (Lipinski definition) is 6. The summed E-state index contributed by atoms with van der Waals surface area (Å²) in [5.41, 5.74) is 13.1. The second kappa shape index (κ2) is 8.65. The highest BCUT2D eigenvalue weighted by Crippen LogP contribution is 2.22. The Bertz CT molecular complexity index is 646. The van der Waals surface area contributed by atoms with E-state index < -0.39 is 0 Å². The van der Waals surface area contributed by atoms with E-state index in [0.717, 1.165) is 6.29 Å². The molecule has 0 aliphatic rings. The van der Waals surface area contributed by atoms with Crippen LogP contribution in [-0.4, -0.2) is 32.7 Å². The number of ether oxygens (including phenoxy) is 3. The number of benzene rings is 2. The monoisotopic (exact) mass is 316 g/mol. The lowest BCUT2D eigenvalue weighted by Gasteiger charge is -2.11. The van der Waals surface area contributed by atoms with Gasteiger partial charge in [-0.2, -0.15) is 0 Å². The van der Waals surface area contributed by atoms with E-state index in [4.69, 9.17) is 25.7 Å². The molecule has 122 valence electrons. The summed E-state index contributed by atoms with van der Waals surface area (Å²) < 4.78 is 16.4. The van der Waals surface area contributed by atoms with E-state index in [9.17, 15) is 4.79 Å². The molecule has 0 amide bonds. The minimum atomic E-state index is 0.333. The number of para-hydroxylation sites is 2. The van der Waals surface area contributed by atoms with Crippen molar-refractivity contribution in [2.24, 2.45) is 0 Å². The van der Waals surface area contributed by atoms with Crippen molar-refractivity contribution in [3.05, 3.63) is 48.0 Å². The summed E-state index contributed by atoms with van der Waals surface area (Å²) in [6, 6.07) is 12.2. The minimum Gasteiger partial charge on any atom is -0.489 e. The summed E-state index contributed by atoms with van der Waals surface area (Å²) in [6.45, 7) is 1.54. The molecule has 4 N–H and O–H groups in total. The second-order valence-corrected chi connectivity index (χ2v) is 4.76. The summed E-state index contributed by atoms with van der Waals surface area (Å²) >= 11 is 0. The SMILES string of the molecule is Nc1ccccc1OCCOCCOc1cc(C=O)ccc1N. The quantitative estimate of drug-likeness (QED) is 0.418. The number of nitrogens with two attached hydrogens (primary N) is 2. The fourth-order valence-electron chi connectivity index (χ4n) is 1.88. The molecule has 6 heteroatoms. The van der Waals surface area contributed by atoms with Gasteiger partial charge in [0.05, 0.1) is 24.6 Å². The molecule has 0 fully saturated rings. The first-order valence-electron chi connectivity index (χ1n) is 7.23. The van der Waals surface area contributed by atoms with E-state index in [1.807, 2.05) is 12.1 Å². The molecular formula is C17H20N2O4. The van der Waals surface area contributed by atoms with Crippen LogP contribution in [-0.2, 0) is 4.74 Å². The fraction of sp³-hybridized carbons (Fsp3) is 0.235. The zero-order valence-electron chi connectivity index (χ0n) is 12.7. The van der Waals surface area contributed by atoms with Crippen LogP contribution >= 0.6 is 0 Å². The van der Waals surface area contributed by atoms with Gasteiger partial charge in [0.25, 0.3) is 0 Å². The highest BCUT2D eigenvalue weighted by atomic mass is 16.5. The Hall–Kier alpha value is -2.73. The molecule has 0 unspecified atom stereocenters. The van der Waals surface area contributed by atoms with Crippen LogP contribution in [0.1, 0.15) is 10.4 Å². The van der Waals surface area contributed by atoms with Gasteiger partial charge in [-0.05, 0) is 30.3 Å². The first-order chi connectivity index (χ1) is 11.2. The van der Waals surface area contributed by atoms with Gasteiger partial charge in [0.1, 0.15) is 31.0 Å². The van der Waals surface area contributed by atoms with Crippen LogP contribution in [0.2, 0.25) is 0 Å². The molecule has 2 rings (SSSR count). The summed E-state index contributed by atoms with van der Waals surface area (Å²) in [7, 11) is 0. The minimum absolute atomic E-state index is 0.333. The van der Waals surface area contributed by atoms with Crippen molar-refractivity contribution >= 4 is 17.7 Å². The summed E-state index contributed by atoms with van der Waals surface area (Å²) in [5, 5.41) is 0. The molecule has 0 aromatic heterocycles. The zero-order chi connectivity index (χ0) is 16.5. The van der Waals surface area contributed by atoms with Crippen molar-refractivity contribution in [1.82, 2.24) is 0 Å². The molecule has 23 heavy (non-hydrogen) atoms. The van der Waals surface area contributed by atoms with Crippen molar-refractivity contribution < 1.29 is 19.0 Å². The van der Waals surface area contributed by atoms with Gasteiger partial charge in [-0.25, -0.2) is 0 Å². The second-order valence-electron chi connectivity index (χ2n) is 4.76. The van der Waals surface area contributed by atoms with Crippen molar-refractivity contribution in [3.63, 3.8) is 0 Å². The summed E-state index contributed by atoms with van der Waals surface area (Å²) in [5.74, 6) is 1.12. The van der Waals surface area contributed by atoms with Crippen LogP contribution in [0, 0.1) is 0 Å². The van der Waals surface area contributed by atoms with E-state index in [-0.39, 0.29) is 0 Å². The fourth-order valence-corrected chi connectivity index (χ4v) is 1.88. The van der Waals surface area contributed by atoms with Gasteiger partial charge in [-0.1, -0.05) is 12.1 Å². The van der Waals surface area contributed by atoms with Crippen LogP contribution < -0.4 is 20.9 Å². The molecule has 0 heterocycles. The number of rotatable bonds is 9. The molecule has 0 atom stereocenters. The van der Waals surface area contributed by atoms with Crippen LogP contribution in [0.15, 0.2) is 42.5 Å². The van der Waals surface area contributed by atoms with Gasteiger partial charge in [-0.3, -0.25) is 4.79 Å². The van der Waals surface area contributed by atoms with Crippen molar-refractivity contribution in [3.8, 4) is 11.5 Å². The number of nitrogen functional groups attached to an aromatic ring is 2. The topological polar surface area (TPSA) is 96.8 Å². The molecule has 0 saturated carbocycles. The molecule has 0 spiro atoms.